The zero-order valence-corrected chi connectivity index (χ0v) is 15.4. The quantitative estimate of drug-likeness (QED) is 0.563. The van der Waals surface area contributed by atoms with E-state index in [1.165, 1.54) is 0 Å². The number of hydrogen-bond acceptors (Lipinski definition) is 3. The molecular weight excluding hydrogens is 336 g/mol. The Bertz CT molecular complexity index is 1070. The molecule has 0 amide bonds. The molecule has 6 nitrogen and oxygen atoms in total. The highest BCUT2D eigenvalue weighted by molar-refractivity contribution is 6.36. The van der Waals surface area contributed by atoms with E-state index in [9.17, 15) is 0 Å². The molecule has 0 bridgehead atoms. The molecule has 1 aromatic carbocycles. The predicted octanol–water partition coefficient (Wildman–Crippen LogP) is 3.74. The lowest BCUT2D eigenvalue weighted by molar-refractivity contribution is 0.639. The van der Waals surface area contributed by atoms with Crippen molar-refractivity contribution in [3.8, 4) is 11.5 Å². The first kappa shape index (κ1) is 15.9. The number of imidazole rings is 1. The van der Waals surface area contributed by atoms with Crippen molar-refractivity contribution in [1.29, 1.82) is 0 Å². The van der Waals surface area contributed by atoms with Crippen LogP contribution in [0.25, 0.3) is 22.4 Å². The van der Waals surface area contributed by atoms with Gasteiger partial charge in [0.05, 0.1) is 22.3 Å². The van der Waals surface area contributed by atoms with Crippen LogP contribution in [0.2, 0.25) is 5.02 Å². The van der Waals surface area contributed by atoms with Crippen LogP contribution in [0.1, 0.15) is 24.2 Å². The molecule has 0 spiro atoms. The van der Waals surface area contributed by atoms with E-state index in [0.29, 0.717) is 5.02 Å². The van der Waals surface area contributed by atoms with E-state index in [1.54, 1.807) is 6.20 Å². The number of aryl methyl sites for hydroxylation is 3. The van der Waals surface area contributed by atoms with Crippen LogP contribution < -0.4 is 0 Å². The van der Waals surface area contributed by atoms with Crippen molar-refractivity contribution >= 4 is 22.5 Å². The summed E-state index contributed by atoms with van der Waals surface area (Å²) in [6.07, 6.45) is 5.83. The Balaban J connectivity index is 1.90. The Hall–Kier alpha value is -2.60. The van der Waals surface area contributed by atoms with Crippen molar-refractivity contribution in [2.45, 2.75) is 19.9 Å². The highest BCUT2D eigenvalue weighted by atomic mass is 35.5. The number of benzene rings is 1. The third-order valence-electron chi connectivity index (χ3n) is 4.63. The Morgan fingerprint density at radius 2 is 1.96 bits per heavy atom. The molecule has 7 heteroatoms. The SMILES string of the molecule is Cc1nn(C)cc1C(C)n1ccnc1-c1nn(C)c2cccc(Cl)c12. The molecule has 3 aromatic heterocycles. The zero-order valence-electron chi connectivity index (χ0n) is 14.6. The molecule has 4 aromatic rings. The Labute approximate surface area is 150 Å². The van der Waals surface area contributed by atoms with Crippen LogP contribution in [0, 0.1) is 6.92 Å². The topological polar surface area (TPSA) is 53.5 Å². The van der Waals surface area contributed by atoms with Crippen molar-refractivity contribution in [1.82, 2.24) is 29.1 Å². The first-order chi connectivity index (χ1) is 12.0. The third kappa shape index (κ3) is 2.44. The van der Waals surface area contributed by atoms with Gasteiger partial charge in [0, 0.05) is 43.6 Å². The molecule has 0 aliphatic carbocycles. The lowest BCUT2D eigenvalue weighted by Gasteiger charge is -2.15. The van der Waals surface area contributed by atoms with Crippen molar-refractivity contribution in [3.05, 3.63) is 53.1 Å². The molecule has 25 heavy (non-hydrogen) atoms. The maximum atomic E-state index is 6.47. The number of fused-ring (bicyclic) bond motifs is 1. The fourth-order valence-electron chi connectivity index (χ4n) is 3.41. The molecule has 0 fully saturated rings. The van der Waals surface area contributed by atoms with E-state index >= 15 is 0 Å². The lowest BCUT2D eigenvalue weighted by atomic mass is 10.1. The van der Waals surface area contributed by atoms with Crippen LogP contribution in [0.15, 0.2) is 36.8 Å². The molecule has 0 saturated carbocycles. The summed E-state index contributed by atoms with van der Waals surface area (Å²) in [6, 6.07) is 5.92. The summed E-state index contributed by atoms with van der Waals surface area (Å²) in [5.41, 5.74) is 3.95. The molecular formula is C18H19ClN6. The van der Waals surface area contributed by atoms with E-state index in [-0.39, 0.29) is 6.04 Å². The van der Waals surface area contributed by atoms with Gasteiger partial charge in [-0.1, -0.05) is 17.7 Å². The van der Waals surface area contributed by atoms with Crippen molar-refractivity contribution in [2.24, 2.45) is 14.1 Å². The summed E-state index contributed by atoms with van der Waals surface area (Å²) in [4.78, 5) is 4.58. The van der Waals surface area contributed by atoms with Gasteiger partial charge >= 0.3 is 0 Å². The molecule has 0 radical (unpaired) electrons. The standard InChI is InChI=1S/C18H19ClN6/c1-11-13(10-23(3)21-11)12(2)25-9-8-20-18(25)17-16-14(19)6-5-7-15(16)24(4)22-17/h5-10,12H,1-4H3. The van der Waals surface area contributed by atoms with Gasteiger partial charge in [0.15, 0.2) is 5.82 Å². The van der Waals surface area contributed by atoms with E-state index in [2.05, 4.69) is 26.7 Å². The van der Waals surface area contributed by atoms with Gasteiger partial charge in [-0.05, 0) is 26.0 Å². The van der Waals surface area contributed by atoms with Gasteiger partial charge in [-0.15, -0.1) is 0 Å². The molecule has 0 aliphatic heterocycles. The van der Waals surface area contributed by atoms with Gasteiger partial charge in [-0.3, -0.25) is 9.36 Å². The Kier molecular flexibility index (Phi) is 3.65. The fourth-order valence-corrected chi connectivity index (χ4v) is 3.67. The second-order valence-corrected chi connectivity index (χ2v) is 6.69. The molecule has 128 valence electrons. The second kappa shape index (κ2) is 5.74. The van der Waals surface area contributed by atoms with Crippen LogP contribution in [0.5, 0.6) is 0 Å². The monoisotopic (exact) mass is 354 g/mol. The number of hydrogen-bond donors (Lipinski definition) is 0. The minimum Gasteiger partial charge on any atom is -0.322 e. The lowest BCUT2D eigenvalue weighted by Crippen LogP contribution is -2.08. The predicted molar refractivity (Wildman–Crippen MR) is 98.7 cm³/mol. The van der Waals surface area contributed by atoms with Gasteiger partial charge in [0.2, 0.25) is 0 Å². The molecule has 3 heterocycles. The van der Waals surface area contributed by atoms with Crippen LogP contribution in [-0.4, -0.2) is 29.1 Å². The van der Waals surface area contributed by atoms with Crippen molar-refractivity contribution in [3.63, 3.8) is 0 Å². The van der Waals surface area contributed by atoms with Gasteiger partial charge in [-0.25, -0.2) is 4.98 Å². The third-order valence-corrected chi connectivity index (χ3v) is 4.94. The molecule has 4 rings (SSSR count). The largest absolute Gasteiger partial charge is 0.322 e. The summed E-state index contributed by atoms with van der Waals surface area (Å²) >= 11 is 6.47. The molecule has 1 unspecified atom stereocenters. The van der Waals surface area contributed by atoms with Crippen LogP contribution in [0.4, 0.5) is 0 Å². The highest BCUT2D eigenvalue weighted by Crippen LogP contribution is 2.34. The van der Waals surface area contributed by atoms with Crippen LogP contribution >= 0.6 is 11.6 Å². The van der Waals surface area contributed by atoms with E-state index in [4.69, 9.17) is 11.6 Å². The van der Waals surface area contributed by atoms with E-state index in [1.807, 2.05) is 61.0 Å². The summed E-state index contributed by atoms with van der Waals surface area (Å²) in [5, 5.41) is 10.7. The highest BCUT2D eigenvalue weighted by Gasteiger charge is 2.22. The molecule has 0 N–H and O–H groups in total. The number of halogens is 1. The summed E-state index contributed by atoms with van der Waals surface area (Å²) in [5.74, 6) is 0.800. The van der Waals surface area contributed by atoms with Crippen molar-refractivity contribution < 1.29 is 0 Å². The first-order valence-electron chi connectivity index (χ1n) is 8.12. The van der Waals surface area contributed by atoms with Gasteiger partial charge < -0.3 is 4.57 Å². The average molecular weight is 355 g/mol. The minimum absolute atomic E-state index is 0.0887. The average Bonchev–Trinajstić information content (AvgIpc) is 3.25. The normalized spacial score (nSPS) is 12.8. The molecule has 1 atom stereocenters. The van der Waals surface area contributed by atoms with Crippen molar-refractivity contribution in [2.75, 3.05) is 0 Å². The van der Waals surface area contributed by atoms with Gasteiger partial charge in [0.1, 0.15) is 5.69 Å². The summed E-state index contributed by atoms with van der Waals surface area (Å²) < 4.78 is 5.80. The minimum atomic E-state index is 0.0887. The van der Waals surface area contributed by atoms with Crippen LogP contribution in [-0.2, 0) is 14.1 Å². The fraction of sp³-hybridized carbons (Fsp3) is 0.278. The maximum Gasteiger partial charge on any atom is 0.161 e. The zero-order chi connectivity index (χ0) is 17.7. The number of aromatic nitrogens is 6. The smallest absolute Gasteiger partial charge is 0.161 e. The van der Waals surface area contributed by atoms with E-state index < -0.39 is 0 Å². The molecule has 0 aliphatic rings. The molecule has 0 saturated heterocycles. The number of rotatable bonds is 3. The first-order valence-corrected chi connectivity index (χ1v) is 8.49. The Morgan fingerprint density at radius 3 is 2.68 bits per heavy atom. The second-order valence-electron chi connectivity index (χ2n) is 6.28. The number of nitrogens with zero attached hydrogens (tertiary/aromatic N) is 6. The summed E-state index contributed by atoms with van der Waals surface area (Å²) in [6.45, 7) is 4.16. The Morgan fingerprint density at radius 1 is 1.16 bits per heavy atom. The summed E-state index contributed by atoms with van der Waals surface area (Å²) in [7, 11) is 3.86. The van der Waals surface area contributed by atoms with Gasteiger partial charge in [0.25, 0.3) is 0 Å². The van der Waals surface area contributed by atoms with E-state index in [0.717, 1.165) is 33.7 Å². The van der Waals surface area contributed by atoms with Crippen LogP contribution in [0.3, 0.4) is 0 Å². The van der Waals surface area contributed by atoms with Gasteiger partial charge in [-0.2, -0.15) is 10.2 Å². The maximum absolute atomic E-state index is 6.47.